The number of carbonyl (C=O) groups excluding carboxylic acids is 1. The zero-order chi connectivity index (χ0) is 15.4. The number of benzene rings is 1. The summed E-state index contributed by atoms with van der Waals surface area (Å²) in [5.74, 6) is -0.386. The maximum absolute atomic E-state index is 12.1. The number of hydrogen-bond acceptors (Lipinski definition) is 4. The number of piperidine rings is 1. The summed E-state index contributed by atoms with van der Waals surface area (Å²) in [6, 6.07) is 4.56. The zero-order valence-corrected chi connectivity index (χ0v) is 13.1. The molecule has 1 fully saturated rings. The van der Waals surface area contributed by atoms with Gasteiger partial charge in [-0.1, -0.05) is 23.8 Å². The largest absolute Gasteiger partial charge is 0.507 e. The summed E-state index contributed by atoms with van der Waals surface area (Å²) in [4.78, 5) is 14.8. The minimum absolute atomic E-state index is 0.0928. The van der Waals surface area contributed by atoms with Crippen molar-refractivity contribution in [2.75, 3.05) is 19.6 Å². The van der Waals surface area contributed by atoms with Crippen molar-refractivity contribution in [1.82, 2.24) is 10.2 Å². The molecule has 0 bridgehead atoms. The molecule has 7 heteroatoms. The van der Waals surface area contributed by atoms with Crippen molar-refractivity contribution < 1.29 is 9.90 Å². The number of phenolic OH excluding ortho intramolecular Hbond substituents is 1. The normalized spacial score (nSPS) is 16.6. The highest BCUT2D eigenvalue weighted by atomic mass is 35.5. The Kier molecular flexibility index (Phi) is 5.39. The number of likely N-dealkylation sites (tertiary alicyclic amines) is 1. The standard InChI is InChI=1S/C14H18ClN3O2S/c15-9-1-2-11(12(19)7-9)14(20)17-10-3-5-18(6-4-10)8-13(16)21/h1-2,7,10,19H,3-6,8H2,(H2,16,21)(H,17,20). The van der Waals surface area contributed by atoms with E-state index in [1.54, 1.807) is 6.07 Å². The van der Waals surface area contributed by atoms with E-state index >= 15 is 0 Å². The van der Waals surface area contributed by atoms with Gasteiger partial charge in [-0.05, 0) is 31.0 Å². The van der Waals surface area contributed by atoms with E-state index < -0.39 is 0 Å². The van der Waals surface area contributed by atoms with Crippen LogP contribution in [-0.2, 0) is 0 Å². The van der Waals surface area contributed by atoms with Gasteiger partial charge in [0.05, 0.1) is 10.6 Å². The molecule has 0 spiro atoms. The number of amides is 1. The van der Waals surface area contributed by atoms with Crippen molar-refractivity contribution in [2.45, 2.75) is 18.9 Å². The van der Waals surface area contributed by atoms with Crippen molar-refractivity contribution in [3.8, 4) is 5.75 Å². The van der Waals surface area contributed by atoms with Gasteiger partial charge in [-0.3, -0.25) is 9.69 Å². The highest BCUT2D eigenvalue weighted by Gasteiger charge is 2.22. The highest BCUT2D eigenvalue weighted by Crippen LogP contribution is 2.22. The fourth-order valence-electron chi connectivity index (χ4n) is 2.42. The summed E-state index contributed by atoms with van der Waals surface area (Å²) in [5.41, 5.74) is 5.77. The molecule has 1 saturated heterocycles. The molecule has 0 aromatic heterocycles. The fourth-order valence-corrected chi connectivity index (χ4v) is 2.76. The molecule has 1 aliphatic heterocycles. The average Bonchev–Trinajstić information content (AvgIpc) is 2.40. The van der Waals surface area contributed by atoms with Gasteiger partial charge in [0.2, 0.25) is 0 Å². The summed E-state index contributed by atoms with van der Waals surface area (Å²) in [6.07, 6.45) is 1.67. The van der Waals surface area contributed by atoms with Gasteiger partial charge in [0, 0.05) is 30.7 Å². The molecule has 0 unspecified atom stereocenters. The second-order valence-corrected chi connectivity index (χ2v) is 6.11. The van der Waals surface area contributed by atoms with E-state index in [2.05, 4.69) is 10.2 Å². The Labute approximate surface area is 134 Å². The van der Waals surface area contributed by atoms with Crippen LogP contribution in [0.5, 0.6) is 5.75 Å². The Morgan fingerprint density at radius 3 is 2.71 bits per heavy atom. The summed E-state index contributed by atoms with van der Waals surface area (Å²) < 4.78 is 0. The maximum Gasteiger partial charge on any atom is 0.255 e. The predicted molar refractivity (Wildman–Crippen MR) is 86.8 cm³/mol. The van der Waals surface area contributed by atoms with Gasteiger partial charge in [0.25, 0.3) is 5.91 Å². The van der Waals surface area contributed by atoms with Gasteiger partial charge in [-0.2, -0.15) is 0 Å². The summed E-state index contributed by atoms with van der Waals surface area (Å²) in [5, 5.41) is 13.1. The van der Waals surface area contributed by atoms with Gasteiger partial charge in [0.1, 0.15) is 5.75 Å². The summed E-state index contributed by atoms with van der Waals surface area (Å²) >= 11 is 10.6. The number of nitrogens with one attached hydrogen (secondary N) is 1. The number of thiocarbonyl (C=S) groups is 1. The molecule has 4 N–H and O–H groups in total. The summed E-state index contributed by atoms with van der Waals surface area (Å²) in [7, 11) is 0. The first kappa shape index (κ1) is 16.0. The van der Waals surface area contributed by atoms with Crippen LogP contribution < -0.4 is 11.1 Å². The molecule has 5 nitrogen and oxygen atoms in total. The van der Waals surface area contributed by atoms with Gasteiger partial charge in [-0.25, -0.2) is 0 Å². The van der Waals surface area contributed by atoms with E-state index in [-0.39, 0.29) is 23.3 Å². The number of hydrogen-bond donors (Lipinski definition) is 3. The SMILES string of the molecule is NC(=S)CN1CCC(NC(=O)c2ccc(Cl)cc2O)CC1. The topological polar surface area (TPSA) is 78.6 Å². The fraction of sp³-hybridized carbons (Fsp3) is 0.429. The Morgan fingerprint density at radius 1 is 1.48 bits per heavy atom. The monoisotopic (exact) mass is 327 g/mol. The third kappa shape index (κ3) is 4.56. The second-order valence-electron chi connectivity index (χ2n) is 5.15. The molecule has 1 aromatic carbocycles. The molecule has 21 heavy (non-hydrogen) atoms. The van der Waals surface area contributed by atoms with Crippen LogP contribution in [0.25, 0.3) is 0 Å². The van der Waals surface area contributed by atoms with Crippen LogP contribution in [0, 0.1) is 0 Å². The Bertz CT molecular complexity index is 545. The van der Waals surface area contributed by atoms with E-state index in [1.165, 1.54) is 12.1 Å². The lowest BCUT2D eigenvalue weighted by atomic mass is 10.0. The van der Waals surface area contributed by atoms with Crippen LogP contribution >= 0.6 is 23.8 Å². The number of carbonyl (C=O) groups is 1. The predicted octanol–water partition coefficient (Wildman–Crippen LogP) is 1.53. The molecule has 0 saturated carbocycles. The number of halogens is 1. The number of aromatic hydroxyl groups is 1. The van der Waals surface area contributed by atoms with Crippen molar-refractivity contribution >= 4 is 34.7 Å². The van der Waals surface area contributed by atoms with Gasteiger partial charge < -0.3 is 16.2 Å². The van der Waals surface area contributed by atoms with Crippen molar-refractivity contribution in [1.29, 1.82) is 0 Å². The molecule has 2 rings (SSSR count). The third-order valence-corrected chi connectivity index (χ3v) is 3.87. The van der Waals surface area contributed by atoms with Gasteiger partial charge in [0.15, 0.2) is 0 Å². The molecular weight excluding hydrogens is 310 g/mol. The first-order chi connectivity index (χ1) is 9.95. The molecule has 114 valence electrons. The molecule has 1 aliphatic rings. The number of nitrogens with two attached hydrogens (primary N) is 1. The van der Waals surface area contributed by atoms with Gasteiger partial charge >= 0.3 is 0 Å². The van der Waals surface area contributed by atoms with E-state index in [9.17, 15) is 9.90 Å². The van der Waals surface area contributed by atoms with Crippen molar-refractivity contribution in [3.63, 3.8) is 0 Å². The van der Waals surface area contributed by atoms with Crippen LogP contribution in [0.1, 0.15) is 23.2 Å². The van der Waals surface area contributed by atoms with Crippen LogP contribution in [-0.4, -0.2) is 46.6 Å². The van der Waals surface area contributed by atoms with Crippen molar-refractivity contribution in [2.24, 2.45) is 5.73 Å². The Morgan fingerprint density at radius 2 is 2.14 bits per heavy atom. The van der Waals surface area contributed by atoms with E-state index in [0.29, 0.717) is 16.6 Å². The molecule has 1 aromatic rings. The lowest BCUT2D eigenvalue weighted by Crippen LogP contribution is -2.46. The zero-order valence-electron chi connectivity index (χ0n) is 11.5. The first-order valence-electron chi connectivity index (χ1n) is 6.75. The van der Waals surface area contributed by atoms with Gasteiger partial charge in [-0.15, -0.1) is 0 Å². The number of nitrogens with zero attached hydrogens (tertiary/aromatic N) is 1. The molecule has 0 radical (unpaired) electrons. The second kappa shape index (κ2) is 7.06. The van der Waals surface area contributed by atoms with Crippen LogP contribution in [0.4, 0.5) is 0 Å². The molecular formula is C14H18ClN3O2S. The number of rotatable bonds is 4. The Balaban J connectivity index is 1.88. The molecule has 0 aliphatic carbocycles. The van der Waals surface area contributed by atoms with E-state index in [0.717, 1.165) is 25.9 Å². The van der Waals surface area contributed by atoms with E-state index in [1.807, 2.05) is 0 Å². The highest BCUT2D eigenvalue weighted by molar-refractivity contribution is 7.80. The molecule has 0 atom stereocenters. The molecule has 1 amide bonds. The average molecular weight is 328 g/mol. The minimum Gasteiger partial charge on any atom is -0.507 e. The Hall–Kier alpha value is -1.37. The first-order valence-corrected chi connectivity index (χ1v) is 7.54. The van der Waals surface area contributed by atoms with Crippen LogP contribution in [0.3, 0.4) is 0 Å². The number of phenols is 1. The smallest absolute Gasteiger partial charge is 0.255 e. The maximum atomic E-state index is 12.1. The van der Waals surface area contributed by atoms with Crippen molar-refractivity contribution in [3.05, 3.63) is 28.8 Å². The lowest BCUT2D eigenvalue weighted by Gasteiger charge is -2.32. The molecule has 1 heterocycles. The lowest BCUT2D eigenvalue weighted by molar-refractivity contribution is 0.0912. The third-order valence-electron chi connectivity index (χ3n) is 3.51. The van der Waals surface area contributed by atoms with Crippen LogP contribution in [0.2, 0.25) is 5.02 Å². The van der Waals surface area contributed by atoms with E-state index in [4.69, 9.17) is 29.6 Å². The quantitative estimate of drug-likeness (QED) is 0.731. The summed E-state index contributed by atoms with van der Waals surface area (Å²) in [6.45, 7) is 2.30. The minimum atomic E-state index is -0.281. The van der Waals surface area contributed by atoms with Crippen LogP contribution in [0.15, 0.2) is 18.2 Å².